The van der Waals surface area contributed by atoms with Crippen LogP contribution < -0.4 is 0 Å². The van der Waals surface area contributed by atoms with E-state index in [1.54, 1.807) is 23.1 Å². The van der Waals surface area contributed by atoms with E-state index in [0.29, 0.717) is 12.5 Å². The van der Waals surface area contributed by atoms with Gasteiger partial charge in [-0.2, -0.15) is 0 Å². The van der Waals surface area contributed by atoms with Crippen LogP contribution in [0.15, 0.2) is 24.3 Å². The summed E-state index contributed by atoms with van der Waals surface area (Å²) in [5.74, 6) is -0.122. The van der Waals surface area contributed by atoms with Gasteiger partial charge in [-0.3, -0.25) is 4.79 Å². The van der Waals surface area contributed by atoms with Gasteiger partial charge in [-0.05, 0) is 31.4 Å². The quantitative estimate of drug-likeness (QED) is 0.686. The lowest BCUT2D eigenvalue weighted by atomic mass is 9.98. The molecular formula is C17H26FNO. The van der Waals surface area contributed by atoms with Crippen molar-refractivity contribution in [2.75, 3.05) is 13.1 Å². The van der Waals surface area contributed by atoms with Gasteiger partial charge in [0.05, 0.1) is 5.56 Å². The van der Waals surface area contributed by atoms with Crippen molar-refractivity contribution in [3.8, 4) is 0 Å². The molecular weight excluding hydrogens is 253 g/mol. The van der Waals surface area contributed by atoms with Crippen LogP contribution in [0.3, 0.4) is 0 Å². The fourth-order valence-electron chi connectivity index (χ4n) is 2.39. The summed E-state index contributed by atoms with van der Waals surface area (Å²) in [6.07, 6.45) is 4.54. The van der Waals surface area contributed by atoms with Crippen LogP contribution in [0.25, 0.3) is 0 Å². The summed E-state index contributed by atoms with van der Waals surface area (Å²) >= 11 is 0. The second-order valence-electron chi connectivity index (χ2n) is 5.24. The van der Waals surface area contributed by atoms with Crippen molar-refractivity contribution in [3.63, 3.8) is 0 Å². The Balaban J connectivity index is 2.74. The number of amides is 1. The number of hydrogen-bond acceptors (Lipinski definition) is 1. The van der Waals surface area contributed by atoms with Crippen LogP contribution in [0, 0.1) is 11.7 Å². The summed E-state index contributed by atoms with van der Waals surface area (Å²) in [6.45, 7) is 7.62. The van der Waals surface area contributed by atoms with Gasteiger partial charge in [0.25, 0.3) is 5.91 Å². The molecule has 0 aliphatic carbocycles. The second-order valence-corrected chi connectivity index (χ2v) is 5.24. The molecule has 1 unspecified atom stereocenters. The lowest BCUT2D eigenvalue weighted by Crippen LogP contribution is -2.35. The van der Waals surface area contributed by atoms with Crippen LogP contribution in [-0.4, -0.2) is 23.9 Å². The highest BCUT2D eigenvalue weighted by Gasteiger charge is 2.20. The lowest BCUT2D eigenvalue weighted by molar-refractivity contribution is 0.0728. The van der Waals surface area contributed by atoms with E-state index >= 15 is 0 Å². The number of nitrogens with zero attached hydrogens (tertiary/aromatic N) is 1. The Bertz CT molecular complexity index is 419. The molecule has 1 amide bonds. The minimum atomic E-state index is -0.433. The molecule has 112 valence electrons. The molecule has 1 aromatic carbocycles. The number of unbranched alkanes of at least 4 members (excludes halogenated alkanes) is 1. The molecule has 0 spiro atoms. The topological polar surface area (TPSA) is 20.3 Å². The first-order valence-corrected chi connectivity index (χ1v) is 7.67. The van der Waals surface area contributed by atoms with Gasteiger partial charge in [0, 0.05) is 13.1 Å². The third kappa shape index (κ3) is 4.62. The third-order valence-corrected chi connectivity index (χ3v) is 3.80. The summed E-state index contributed by atoms with van der Waals surface area (Å²) in [4.78, 5) is 14.2. The van der Waals surface area contributed by atoms with Gasteiger partial charge < -0.3 is 4.90 Å². The van der Waals surface area contributed by atoms with Crippen LogP contribution in [0.4, 0.5) is 4.39 Å². The van der Waals surface area contributed by atoms with E-state index in [2.05, 4.69) is 13.8 Å². The van der Waals surface area contributed by atoms with Crippen molar-refractivity contribution in [3.05, 3.63) is 35.6 Å². The van der Waals surface area contributed by atoms with Crippen molar-refractivity contribution in [1.82, 2.24) is 4.90 Å². The fraction of sp³-hybridized carbons (Fsp3) is 0.588. The average molecular weight is 279 g/mol. The first-order chi connectivity index (χ1) is 9.63. The van der Waals surface area contributed by atoms with E-state index in [1.165, 1.54) is 18.9 Å². The molecule has 0 saturated carbocycles. The zero-order valence-corrected chi connectivity index (χ0v) is 12.9. The van der Waals surface area contributed by atoms with E-state index < -0.39 is 5.82 Å². The molecule has 0 fully saturated rings. The first-order valence-electron chi connectivity index (χ1n) is 7.67. The van der Waals surface area contributed by atoms with Gasteiger partial charge in [-0.15, -0.1) is 0 Å². The average Bonchev–Trinajstić information content (AvgIpc) is 2.47. The van der Waals surface area contributed by atoms with Gasteiger partial charge in [-0.1, -0.05) is 45.2 Å². The normalized spacial score (nSPS) is 12.2. The van der Waals surface area contributed by atoms with E-state index in [-0.39, 0.29) is 11.5 Å². The highest BCUT2D eigenvalue weighted by atomic mass is 19.1. The summed E-state index contributed by atoms with van der Waals surface area (Å²) in [5, 5.41) is 0. The molecule has 0 bridgehead atoms. The predicted molar refractivity (Wildman–Crippen MR) is 81.3 cm³/mol. The molecule has 1 rings (SSSR count). The number of halogens is 1. The number of benzene rings is 1. The van der Waals surface area contributed by atoms with Crippen LogP contribution in [-0.2, 0) is 0 Å². The van der Waals surface area contributed by atoms with E-state index in [1.807, 2.05) is 6.92 Å². The molecule has 3 heteroatoms. The van der Waals surface area contributed by atoms with Gasteiger partial charge in [0.15, 0.2) is 0 Å². The van der Waals surface area contributed by atoms with Gasteiger partial charge in [-0.25, -0.2) is 4.39 Å². The van der Waals surface area contributed by atoms with E-state index in [4.69, 9.17) is 0 Å². The van der Waals surface area contributed by atoms with Gasteiger partial charge >= 0.3 is 0 Å². The monoisotopic (exact) mass is 279 g/mol. The van der Waals surface area contributed by atoms with E-state index in [9.17, 15) is 9.18 Å². The number of rotatable bonds is 8. The Hall–Kier alpha value is -1.38. The second kappa shape index (κ2) is 8.72. The molecule has 0 N–H and O–H groups in total. The minimum absolute atomic E-state index is 0.180. The van der Waals surface area contributed by atoms with Crippen molar-refractivity contribution in [1.29, 1.82) is 0 Å². The van der Waals surface area contributed by atoms with Gasteiger partial charge in [0.2, 0.25) is 0 Å². The Morgan fingerprint density at radius 3 is 2.50 bits per heavy atom. The van der Waals surface area contributed by atoms with E-state index in [0.717, 1.165) is 19.4 Å². The summed E-state index contributed by atoms with van der Waals surface area (Å²) in [5.41, 5.74) is 0.180. The van der Waals surface area contributed by atoms with Crippen molar-refractivity contribution >= 4 is 5.91 Å². The zero-order chi connectivity index (χ0) is 15.0. The fourth-order valence-corrected chi connectivity index (χ4v) is 2.39. The number of carbonyl (C=O) groups excluding carboxylic acids is 1. The van der Waals surface area contributed by atoms with Crippen molar-refractivity contribution < 1.29 is 9.18 Å². The number of carbonyl (C=O) groups is 1. The molecule has 0 aliphatic heterocycles. The first kappa shape index (κ1) is 16.7. The molecule has 2 nitrogen and oxygen atoms in total. The summed E-state index contributed by atoms with van der Waals surface area (Å²) in [6, 6.07) is 6.22. The smallest absolute Gasteiger partial charge is 0.256 e. The Morgan fingerprint density at radius 2 is 1.95 bits per heavy atom. The predicted octanol–water partition coefficient (Wildman–Crippen LogP) is 4.50. The summed E-state index contributed by atoms with van der Waals surface area (Å²) in [7, 11) is 0. The zero-order valence-electron chi connectivity index (χ0n) is 12.9. The molecule has 0 heterocycles. The molecule has 20 heavy (non-hydrogen) atoms. The van der Waals surface area contributed by atoms with Gasteiger partial charge in [0.1, 0.15) is 5.82 Å². The Labute approximate surface area is 122 Å². The molecule has 0 aromatic heterocycles. The number of hydrogen-bond donors (Lipinski definition) is 0. The highest BCUT2D eigenvalue weighted by Crippen LogP contribution is 2.17. The SMILES string of the molecule is CCCCC(CC)CN(CC)C(=O)c1ccccc1F. The van der Waals surface area contributed by atoms with Crippen LogP contribution in [0.5, 0.6) is 0 Å². The van der Waals surface area contributed by atoms with Crippen LogP contribution in [0.2, 0.25) is 0 Å². The minimum Gasteiger partial charge on any atom is -0.339 e. The van der Waals surface area contributed by atoms with Crippen molar-refractivity contribution in [2.24, 2.45) is 5.92 Å². The van der Waals surface area contributed by atoms with Crippen molar-refractivity contribution in [2.45, 2.75) is 46.5 Å². The van der Waals surface area contributed by atoms with Crippen LogP contribution >= 0.6 is 0 Å². The largest absolute Gasteiger partial charge is 0.339 e. The third-order valence-electron chi connectivity index (χ3n) is 3.80. The molecule has 0 radical (unpaired) electrons. The maximum absolute atomic E-state index is 13.7. The standard InChI is InChI=1S/C17H26FNO/c1-4-7-10-14(5-2)13-19(6-3)17(20)15-11-8-9-12-16(15)18/h8-9,11-12,14H,4-7,10,13H2,1-3H3. The lowest BCUT2D eigenvalue weighted by Gasteiger charge is -2.26. The molecule has 0 saturated heterocycles. The maximum Gasteiger partial charge on any atom is 0.256 e. The Kier molecular flexibility index (Phi) is 7.27. The molecule has 1 atom stereocenters. The van der Waals surface area contributed by atoms with Crippen LogP contribution in [0.1, 0.15) is 56.8 Å². The summed E-state index contributed by atoms with van der Waals surface area (Å²) < 4.78 is 13.7. The highest BCUT2D eigenvalue weighted by molar-refractivity contribution is 5.94. The molecule has 1 aromatic rings. The maximum atomic E-state index is 13.7. The molecule has 0 aliphatic rings. The Morgan fingerprint density at radius 1 is 1.25 bits per heavy atom.